The van der Waals surface area contributed by atoms with Gasteiger partial charge in [0, 0.05) is 17.6 Å². The predicted octanol–water partition coefficient (Wildman–Crippen LogP) is 3.97. The van der Waals surface area contributed by atoms with Crippen LogP contribution in [-0.2, 0) is 26.2 Å². The standard InChI is InChI=1S/C24H31ClFN3O4S/c1-5-17(3)27-24(31)21(6-2)28(15-18-11-7-8-12-19(18)25)23(30)16-29(34(4,32)33)22-14-10-9-13-20(22)26/h7-14,17,21H,5-6,15-16H2,1-4H3,(H,27,31)/t17-,21+/m0/s1. The molecule has 2 aromatic rings. The third kappa shape index (κ3) is 7.17. The summed E-state index contributed by atoms with van der Waals surface area (Å²) in [6, 6.07) is 11.2. The van der Waals surface area contributed by atoms with E-state index in [1.54, 1.807) is 31.2 Å². The number of nitrogens with zero attached hydrogens (tertiary/aromatic N) is 2. The molecule has 0 aliphatic heterocycles. The van der Waals surface area contributed by atoms with E-state index in [0.717, 1.165) is 12.3 Å². The van der Waals surface area contributed by atoms with E-state index >= 15 is 0 Å². The van der Waals surface area contributed by atoms with Gasteiger partial charge in [0.2, 0.25) is 21.8 Å². The summed E-state index contributed by atoms with van der Waals surface area (Å²) >= 11 is 6.31. The van der Waals surface area contributed by atoms with Crippen molar-refractivity contribution in [1.82, 2.24) is 10.2 Å². The summed E-state index contributed by atoms with van der Waals surface area (Å²) in [5, 5.41) is 3.29. The Bertz CT molecular complexity index is 1110. The molecule has 0 bridgehead atoms. The van der Waals surface area contributed by atoms with Crippen LogP contribution < -0.4 is 9.62 Å². The third-order valence-electron chi connectivity index (χ3n) is 5.49. The van der Waals surface area contributed by atoms with Gasteiger partial charge in [0.1, 0.15) is 18.4 Å². The molecule has 0 saturated carbocycles. The fraction of sp³-hybridized carbons (Fsp3) is 0.417. The van der Waals surface area contributed by atoms with Crippen LogP contribution in [0.5, 0.6) is 0 Å². The Labute approximate surface area is 205 Å². The summed E-state index contributed by atoms with van der Waals surface area (Å²) < 4.78 is 40.2. The number of halogens is 2. The number of benzene rings is 2. The Morgan fingerprint density at radius 3 is 2.24 bits per heavy atom. The number of sulfonamides is 1. The van der Waals surface area contributed by atoms with Crippen LogP contribution in [0, 0.1) is 5.82 Å². The molecule has 2 aromatic carbocycles. The number of amides is 2. The van der Waals surface area contributed by atoms with Crippen molar-refractivity contribution >= 4 is 39.1 Å². The van der Waals surface area contributed by atoms with Gasteiger partial charge in [-0.05, 0) is 43.5 Å². The van der Waals surface area contributed by atoms with Gasteiger partial charge in [-0.25, -0.2) is 12.8 Å². The summed E-state index contributed by atoms with van der Waals surface area (Å²) in [5.41, 5.74) is 0.359. The van der Waals surface area contributed by atoms with E-state index in [2.05, 4.69) is 5.32 Å². The molecule has 10 heteroatoms. The van der Waals surface area contributed by atoms with E-state index in [4.69, 9.17) is 11.6 Å². The maximum atomic E-state index is 14.4. The average molecular weight is 512 g/mol. The van der Waals surface area contributed by atoms with E-state index in [9.17, 15) is 22.4 Å². The van der Waals surface area contributed by atoms with Crippen LogP contribution in [0.3, 0.4) is 0 Å². The summed E-state index contributed by atoms with van der Waals surface area (Å²) in [5.74, 6) is -1.78. The van der Waals surface area contributed by atoms with Crippen molar-refractivity contribution in [2.45, 2.75) is 52.2 Å². The molecule has 0 aliphatic rings. The fourth-order valence-corrected chi connectivity index (χ4v) is 4.47. The molecule has 0 spiro atoms. The van der Waals surface area contributed by atoms with E-state index in [0.29, 0.717) is 21.3 Å². The van der Waals surface area contributed by atoms with Gasteiger partial charge in [-0.3, -0.25) is 13.9 Å². The Morgan fingerprint density at radius 2 is 1.68 bits per heavy atom. The fourth-order valence-electron chi connectivity index (χ4n) is 3.42. The first-order chi connectivity index (χ1) is 16.0. The number of anilines is 1. The van der Waals surface area contributed by atoms with Gasteiger partial charge < -0.3 is 10.2 Å². The molecule has 34 heavy (non-hydrogen) atoms. The molecule has 0 heterocycles. The van der Waals surface area contributed by atoms with Crippen molar-refractivity contribution in [1.29, 1.82) is 0 Å². The molecule has 2 amide bonds. The number of para-hydroxylation sites is 1. The van der Waals surface area contributed by atoms with Gasteiger partial charge in [-0.15, -0.1) is 0 Å². The first kappa shape index (κ1) is 27.6. The highest BCUT2D eigenvalue weighted by molar-refractivity contribution is 7.92. The van der Waals surface area contributed by atoms with Crippen molar-refractivity contribution in [3.8, 4) is 0 Å². The predicted molar refractivity (Wildman–Crippen MR) is 133 cm³/mol. The van der Waals surface area contributed by atoms with Gasteiger partial charge in [0.15, 0.2) is 0 Å². The lowest BCUT2D eigenvalue weighted by Crippen LogP contribution is -2.53. The highest BCUT2D eigenvalue weighted by Gasteiger charge is 2.33. The van der Waals surface area contributed by atoms with Gasteiger partial charge in [-0.1, -0.05) is 55.8 Å². The minimum atomic E-state index is -4.01. The minimum Gasteiger partial charge on any atom is -0.352 e. The number of rotatable bonds is 11. The molecule has 7 nitrogen and oxygen atoms in total. The number of hydrogen-bond acceptors (Lipinski definition) is 4. The molecular weight excluding hydrogens is 481 g/mol. The second-order valence-corrected chi connectivity index (χ2v) is 10.4. The van der Waals surface area contributed by atoms with Crippen LogP contribution in [-0.4, -0.2) is 50.0 Å². The summed E-state index contributed by atoms with van der Waals surface area (Å²) in [6.45, 7) is 4.86. The second-order valence-electron chi connectivity index (χ2n) is 8.08. The molecule has 0 radical (unpaired) electrons. The monoisotopic (exact) mass is 511 g/mol. The summed E-state index contributed by atoms with van der Waals surface area (Å²) in [6.07, 6.45) is 1.89. The van der Waals surface area contributed by atoms with E-state index in [-0.39, 0.29) is 30.6 Å². The van der Waals surface area contributed by atoms with Gasteiger partial charge in [-0.2, -0.15) is 0 Å². The smallest absolute Gasteiger partial charge is 0.244 e. The first-order valence-corrected chi connectivity index (χ1v) is 13.3. The normalized spacial score (nSPS) is 13.1. The Hall–Kier alpha value is -2.65. The zero-order chi connectivity index (χ0) is 25.5. The van der Waals surface area contributed by atoms with Crippen molar-refractivity contribution in [2.24, 2.45) is 0 Å². The van der Waals surface area contributed by atoms with E-state index < -0.39 is 34.3 Å². The minimum absolute atomic E-state index is 0.0141. The lowest BCUT2D eigenvalue weighted by molar-refractivity contribution is -0.140. The molecule has 0 fully saturated rings. The summed E-state index contributed by atoms with van der Waals surface area (Å²) in [4.78, 5) is 27.9. The highest BCUT2D eigenvalue weighted by atomic mass is 35.5. The molecule has 0 saturated heterocycles. The van der Waals surface area contributed by atoms with Crippen LogP contribution in [0.1, 0.15) is 39.2 Å². The molecule has 186 valence electrons. The van der Waals surface area contributed by atoms with Gasteiger partial charge in [0.25, 0.3) is 0 Å². The average Bonchev–Trinajstić information content (AvgIpc) is 2.78. The molecular formula is C24H31ClFN3O4S. The zero-order valence-corrected chi connectivity index (χ0v) is 21.4. The maximum Gasteiger partial charge on any atom is 0.244 e. The van der Waals surface area contributed by atoms with E-state index in [1.807, 2.05) is 13.8 Å². The Morgan fingerprint density at radius 1 is 1.06 bits per heavy atom. The number of hydrogen-bond donors (Lipinski definition) is 1. The van der Waals surface area contributed by atoms with E-state index in [1.165, 1.54) is 23.1 Å². The van der Waals surface area contributed by atoms with Gasteiger partial charge >= 0.3 is 0 Å². The zero-order valence-electron chi connectivity index (χ0n) is 19.8. The number of carbonyl (C=O) groups excluding carboxylic acids is 2. The van der Waals surface area contributed by atoms with Crippen LogP contribution >= 0.6 is 11.6 Å². The third-order valence-corrected chi connectivity index (χ3v) is 6.98. The second kappa shape index (κ2) is 12.2. The summed E-state index contributed by atoms with van der Waals surface area (Å²) in [7, 11) is -4.01. The number of carbonyl (C=O) groups is 2. The van der Waals surface area contributed by atoms with Crippen molar-refractivity contribution in [3.05, 3.63) is 64.9 Å². The largest absolute Gasteiger partial charge is 0.352 e. The quantitative estimate of drug-likeness (QED) is 0.494. The molecule has 0 aromatic heterocycles. The SMILES string of the molecule is CC[C@H](C(=O)N[C@@H](C)CC)N(Cc1ccccc1Cl)C(=O)CN(c1ccccc1F)S(C)(=O)=O. The molecule has 2 rings (SSSR count). The molecule has 0 aliphatic carbocycles. The van der Waals surface area contributed by atoms with Crippen LogP contribution in [0.15, 0.2) is 48.5 Å². The first-order valence-electron chi connectivity index (χ1n) is 11.0. The maximum absolute atomic E-state index is 14.4. The van der Waals surface area contributed by atoms with Gasteiger partial charge in [0.05, 0.1) is 11.9 Å². The number of nitrogens with one attached hydrogen (secondary N) is 1. The Kier molecular flexibility index (Phi) is 9.88. The topological polar surface area (TPSA) is 86.8 Å². The van der Waals surface area contributed by atoms with Crippen LogP contribution in [0.25, 0.3) is 0 Å². The molecule has 0 unspecified atom stereocenters. The lowest BCUT2D eigenvalue weighted by Gasteiger charge is -2.33. The van der Waals surface area contributed by atoms with Crippen molar-refractivity contribution in [2.75, 3.05) is 17.1 Å². The highest BCUT2D eigenvalue weighted by Crippen LogP contribution is 2.24. The lowest BCUT2D eigenvalue weighted by atomic mass is 10.1. The molecule has 2 atom stereocenters. The Balaban J connectivity index is 2.47. The van der Waals surface area contributed by atoms with Crippen LogP contribution in [0.4, 0.5) is 10.1 Å². The van der Waals surface area contributed by atoms with Crippen LogP contribution in [0.2, 0.25) is 5.02 Å². The van der Waals surface area contributed by atoms with Crippen molar-refractivity contribution in [3.63, 3.8) is 0 Å². The van der Waals surface area contributed by atoms with Crippen molar-refractivity contribution < 1.29 is 22.4 Å². The molecule has 1 N–H and O–H groups in total.